The molecule has 1 N–H and O–H groups in total. The number of anilines is 1. The molecule has 0 aliphatic heterocycles. The zero-order chi connectivity index (χ0) is 21.8. The van der Waals surface area contributed by atoms with Crippen molar-refractivity contribution in [1.29, 1.82) is 0 Å². The van der Waals surface area contributed by atoms with Gasteiger partial charge in [-0.1, -0.05) is 56.6 Å². The highest BCUT2D eigenvalue weighted by atomic mass is 35.5. The van der Waals surface area contributed by atoms with Gasteiger partial charge in [0.2, 0.25) is 10.0 Å². The summed E-state index contributed by atoms with van der Waals surface area (Å²) in [5.74, 6) is -0.102. The summed E-state index contributed by atoms with van der Waals surface area (Å²) in [7, 11) is -1.66. The number of hydrogen-bond donors (Lipinski definition) is 1. The number of aryl methyl sites for hydroxylation is 1. The zero-order valence-electron chi connectivity index (χ0n) is 18.0. The Morgan fingerprint density at radius 2 is 1.79 bits per heavy atom. The summed E-state index contributed by atoms with van der Waals surface area (Å²) in [4.78, 5) is 6.29. The van der Waals surface area contributed by atoms with E-state index in [0.29, 0.717) is 16.4 Å². The predicted octanol–water partition coefficient (Wildman–Crippen LogP) is 5.50. The van der Waals surface area contributed by atoms with Gasteiger partial charge < -0.3 is 4.90 Å². The fraction of sp³-hybridized carbons (Fsp3) is 0.409. The molecule has 2 aromatic rings. The van der Waals surface area contributed by atoms with E-state index in [1.54, 1.807) is 18.5 Å². The van der Waals surface area contributed by atoms with Gasteiger partial charge in [0.25, 0.3) is 0 Å². The normalized spacial score (nSPS) is 12.4. The maximum atomic E-state index is 12.7. The Morgan fingerprint density at radius 3 is 2.34 bits per heavy atom. The van der Waals surface area contributed by atoms with Crippen molar-refractivity contribution in [2.24, 2.45) is 4.99 Å². The molecule has 2 rings (SSSR count). The van der Waals surface area contributed by atoms with Gasteiger partial charge in [0.05, 0.1) is 28.5 Å². The molecule has 2 aromatic carbocycles. The van der Waals surface area contributed by atoms with Crippen LogP contribution in [0.3, 0.4) is 0 Å². The minimum absolute atomic E-state index is 0.0275. The quantitative estimate of drug-likeness (QED) is 0.461. The van der Waals surface area contributed by atoms with Crippen LogP contribution in [-0.4, -0.2) is 33.2 Å². The van der Waals surface area contributed by atoms with Gasteiger partial charge in [-0.2, -0.15) is 0 Å². The van der Waals surface area contributed by atoms with Gasteiger partial charge in [0.15, 0.2) is 0 Å². The summed E-state index contributed by atoms with van der Waals surface area (Å²) in [5.41, 5.74) is 3.75. The Labute approximate surface area is 179 Å². The second-order valence-electron chi connectivity index (χ2n) is 8.24. The van der Waals surface area contributed by atoms with Crippen LogP contribution in [0, 0.1) is 6.92 Å². The van der Waals surface area contributed by atoms with Crippen molar-refractivity contribution in [2.75, 3.05) is 18.3 Å². The number of halogens is 1. The summed E-state index contributed by atoms with van der Waals surface area (Å²) in [6.07, 6.45) is 1.70. The lowest BCUT2D eigenvalue weighted by molar-refractivity contribution is 0.552. The summed E-state index contributed by atoms with van der Waals surface area (Å²) < 4.78 is 28.0. The largest absolute Gasteiger partial charge is 0.366 e. The van der Waals surface area contributed by atoms with E-state index in [2.05, 4.69) is 30.5 Å². The standard InChI is InChI=1S/C22H30ClN3O2S/c1-7-26(6)15-24-21-12-16(2)20(13-19(21)23)25-29(27,28)14-17-8-10-18(11-9-17)22(3,4)5/h8-13,15,25H,7,14H2,1-6H3/b24-15-. The summed E-state index contributed by atoms with van der Waals surface area (Å²) in [6, 6.07) is 11.1. The number of nitrogens with zero attached hydrogens (tertiary/aromatic N) is 2. The molecule has 0 spiro atoms. The van der Waals surface area contributed by atoms with Crippen LogP contribution in [-0.2, 0) is 21.2 Å². The lowest BCUT2D eigenvalue weighted by Crippen LogP contribution is -2.16. The van der Waals surface area contributed by atoms with Crippen LogP contribution in [0.4, 0.5) is 11.4 Å². The third kappa shape index (κ3) is 6.75. The summed E-state index contributed by atoms with van der Waals surface area (Å²) in [6.45, 7) is 11.1. The predicted molar refractivity (Wildman–Crippen MR) is 124 cm³/mol. The molecular weight excluding hydrogens is 406 g/mol. The molecule has 0 saturated heterocycles. The average Bonchev–Trinajstić information content (AvgIpc) is 2.62. The lowest BCUT2D eigenvalue weighted by atomic mass is 9.87. The molecule has 0 aliphatic carbocycles. The van der Waals surface area contributed by atoms with Crippen molar-refractivity contribution in [2.45, 2.75) is 45.8 Å². The first kappa shape index (κ1) is 23.2. The Kier molecular flexibility index (Phi) is 7.35. The molecule has 0 amide bonds. The summed E-state index contributed by atoms with van der Waals surface area (Å²) >= 11 is 6.31. The Morgan fingerprint density at radius 1 is 1.17 bits per heavy atom. The highest BCUT2D eigenvalue weighted by molar-refractivity contribution is 7.91. The van der Waals surface area contributed by atoms with Crippen molar-refractivity contribution < 1.29 is 8.42 Å². The molecule has 158 valence electrons. The van der Waals surface area contributed by atoms with Crippen LogP contribution in [0.2, 0.25) is 5.02 Å². The second-order valence-corrected chi connectivity index (χ2v) is 10.4. The maximum absolute atomic E-state index is 12.7. The van der Waals surface area contributed by atoms with Crippen molar-refractivity contribution in [3.63, 3.8) is 0 Å². The number of hydrogen-bond acceptors (Lipinski definition) is 3. The first-order valence-electron chi connectivity index (χ1n) is 9.56. The first-order valence-corrected chi connectivity index (χ1v) is 11.6. The van der Waals surface area contributed by atoms with Gasteiger partial charge in [-0.15, -0.1) is 0 Å². The van der Waals surface area contributed by atoms with E-state index in [1.165, 1.54) is 5.56 Å². The lowest BCUT2D eigenvalue weighted by Gasteiger charge is -2.19. The average molecular weight is 436 g/mol. The molecule has 7 heteroatoms. The van der Waals surface area contributed by atoms with Gasteiger partial charge in [0, 0.05) is 13.6 Å². The molecule has 0 aliphatic rings. The topological polar surface area (TPSA) is 61.8 Å². The van der Waals surface area contributed by atoms with Crippen LogP contribution in [0.1, 0.15) is 44.4 Å². The molecule has 0 aromatic heterocycles. The number of nitrogens with one attached hydrogen (secondary N) is 1. The zero-order valence-corrected chi connectivity index (χ0v) is 19.5. The highest BCUT2D eigenvalue weighted by Crippen LogP contribution is 2.32. The van der Waals surface area contributed by atoms with Crippen molar-refractivity contribution in [1.82, 2.24) is 4.90 Å². The van der Waals surface area contributed by atoms with E-state index in [1.807, 2.05) is 50.1 Å². The van der Waals surface area contributed by atoms with E-state index in [4.69, 9.17) is 11.6 Å². The number of benzene rings is 2. The van der Waals surface area contributed by atoms with E-state index in [0.717, 1.165) is 17.7 Å². The molecule has 5 nitrogen and oxygen atoms in total. The molecule has 0 radical (unpaired) electrons. The minimum Gasteiger partial charge on any atom is -0.366 e. The minimum atomic E-state index is -3.57. The Hall–Kier alpha value is -2.05. The first-order chi connectivity index (χ1) is 13.4. The molecular formula is C22H30ClN3O2S. The molecule has 29 heavy (non-hydrogen) atoms. The van der Waals surface area contributed by atoms with Gasteiger partial charge in [-0.05, 0) is 48.1 Å². The van der Waals surface area contributed by atoms with Crippen molar-refractivity contribution in [3.05, 3.63) is 58.1 Å². The molecule has 0 saturated carbocycles. The fourth-order valence-corrected chi connectivity index (χ4v) is 4.11. The smallest absolute Gasteiger partial charge is 0.236 e. The molecule has 0 unspecified atom stereocenters. The Bertz CT molecular complexity index is 978. The second kappa shape index (κ2) is 9.18. The fourth-order valence-electron chi connectivity index (χ4n) is 2.64. The van der Waals surface area contributed by atoms with Crippen molar-refractivity contribution in [3.8, 4) is 0 Å². The van der Waals surface area contributed by atoms with Crippen molar-refractivity contribution >= 4 is 39.3 Å². The molecule has 0 atom stereocenters. The number of rotatable bonds is 7. The SMILES string of the molecule is CCN(C)/C=N\c1cc(C)c(NS(=O)(=O)Cc2ccc(C(C)(C)C)cc2)cc1Cl. The molecule has 0 fully saturated rings. The van der Waals surface area contributed by atoms with Gasteiger partial charge in [-0.3, -0.25) is 4.72 Å². The van der Waals surface area contributed by atoms with Gasteiger partial charge in [0.1, 0.15) is 0 Å². The van der Waals surface area contributed by atoms with E-state index in [9.17, 15) is 8.42 Å². The van der Waals surface area contributed by atoms with Crippen LogP contribution < -0.4 is 4.72 Å². The third-order valence-electron chi connectivity index (χ3n) is 4.63. The van der Waals surface area contributed by atoms with E-state index < -0.39 is 10.0 Å². The highest BCUT2D eigenvalue weighted by Gasteiger charge is 2.17. The molecule has 0 bridgehead atoms. The van der Waals surface area contributed by atoms with Crippen LogP contribution in [0.5, 0.6) is 0 Å². The van der Waals surface area contributed by atoms with Gasteiger partial charge >= 0.3 is 0 Å². The van der Waals surface area contributed by atoms with Crippen LogP contribution >= 0.6 is 11.6 Å². The summed E-state index contributed by atoms with van der Waals surface area (Å²) in [5, 5.41) is 0.392. The number of aliphatic imine (C=N–C) groups is 1. The third-order valence-corrected chi connectivity index (χ3v) is 6.18. The van der Waals surface area contributed by atoms with E-state index >= 15 is 0 Å². The number of sulfonamides is 1. The Balaban J connectivity index is 2.17. The van der Waals surface area contributed by atoms with Crippen LogP contribution in [0.15, 0.2) is 41.4 Å². The maximum Gasteiger partial charge on any atom is 0.236 e. The molecule has 0 heterocycles. The monoisotopic (exact) mass is 435 g/mol. The van der Waals surface area contributed by atoms with Crippen LogP contribution in [0.25, 0.3) is 0 Å². The van der Waals surface area contributed by atoms with Gasteiger partial charge in [-0.25, -0.2) is 13.4 Å². The van der Waals surface area contributed by atoms with E-state index in [-0.39, 0.29) is 11.2 Å².